The zero-order valence-electron chi connectivity index (χ0n) is 16.1. The van der Waals surface area contributed by atoms with E-state index in [1.807, 2.05) is 0 Å². The molecule has 148 valence electrons. The van der Waals surface area contributed by atoms with E-state index >= 15 is 0 Å². The fraction of sp³-hybridized carbons (Fsp3) is 0.227. The van der Waals surface area contributed by atoms with Gasteiger partial charge in [0, 0.05) is 28.7 Å². The summed E-state index contributed by atoms with van der Waals surface area (Å²) in [6.07, 6.45) is -0.105. The van der Waals surface area contributed by atoms with Gasteiger partial charge in [-0.2, -0.15) is 0 Å². The predicted molar refractivity (Wildman–Crippen MR) is 102 cm³/mol. The largest absolute Gasteiger partial charge is 0.496 e. The van der Waals surface area contributed by atoms with E-state index in [4.69, 9.17) is 18.9 Å². The first-order valence-corrected chi connectivity index (χ1v) is 8.93. The second kappa shape index (κ2) is 7.09. The highest BCUT2D eigenvalue weighted by Crippen LogP contribution is 2.46. The van der Waals surface area contributed by atoms with Crippen LogP contribution in [0.15, 0.2) is 47.7 Å². The fourth-order valence-corrected chi connectivity index (χ4v) is 3.80. The molecule has 0 saturated heterocycles. The number of ether oxygens (including phenoxy) is 4. The van der Waals surface area contributed by atoms with Gasteiger partial charge in [0.15, 0.2) is 23.0 Å². The Morgan fingerprint density at radius 3 is 2.03 bits per heavy atom. The Morgan fingerprint density at radius 1 is 0.828 bits per heavy atom. The van der Waals surface area contributed by atoms with Crippen LogP contribution in [0.2, 0.25) is 0 Å². The number of hydrogen-bond acceptors (Lipinski definition) is 7. The van der Waals surface area contributed by atoms with Crippen molar-refractivity contribution in [2.24, 2.45) is 0 Å². The van der Waals surface area contributed by atoms with Gasteiger partial charge >= 0.3 is 5.97 Å². The summed E-state index contributed by atoms with van der Waals surface area (Å²) in [6.45, 7) is 0. The number of ketones is 2. The topological polar surface area (TPSA) is 88.1 Å². The number of hydrogen-bond donors (Lipinski definition) is 0. The average Bonchev–Trinajstić information content (AvgIpc) is 2.75. The molecule has 1 aliphatic heterocycles. The Labute approximate surface area is 166 Å². The number of allylic oxidation sites excluding steroid dienone is 2. The van der Waals surface area contributed by atoms with Gasteiger partial charge in [-0.3, -0.25) is 14.4 Å². The average molecular weight is 394 g/mol. The maximum Gasteiger partial charge on any atom is 0.312 e. The molecule has 0 saturated carbocycles. The molecule has 2 aromatic carbocycles. The Balaban J connectivity index is 1.94. The number of benzene rings is 2. The first kappa shape index (κ1) is 18.7. The third-order valence-corrected chi connectivity index (χ3v) is 5.16. The minimum atomic E-state index is -0.717. The van der Waals surface area contributed by atoms with Gasteiger partial charge in [-0.15, -0.1) is 0 Å². The van der Waals surface area contributed by atoms with Gasteiger partial charge in [-0.25, -0.2) is 0 Å². The van der Waals surface area contributed by atoms with Gasteiger partial charge in [-0.05, 0) is 6.07 Å². The predicted octanol–water partition coefficient (Wildman–Crippen LogP) is 3.08. The van der Waals surface area contributed by atoms with E-state index in [0.717, 1.165) is 0 Å². The number of Topliss-reactive ketones (excluding diaryl/α,β-unsaturated/α-hetero) is 2. The molecule has 2 aromatic rings. The minimum Gasteiger partial charge on any atom is -0.496 e. The molecule has 2 aliphatic rings. The number of carbonyl (C=O) groups is 3. The van der Waals surface area contributed by atoms with Gasteiger partial charge in [0.2, 0.25) is 5.78 Å². The Morgan fingerprint density at radius 2 is 1.41 bits per heavy atom. The van der Waals surface area contributed by atoms with E-state index in [1.54, 1.807) is 36.4 Å². The van der Waals surface area contributed by atoms with Crippen LogP contribution in [0.3, 0.4) is 0 Å². The number of esters is 1. The minimum absolute atomic E-state index is 0.105. The van der Waals surface area contributed by atoms with Crippen molar-refractivity contribution in [3.05, 3.63) is 64.4 Å². The molecule has 0 spiro atoms. The molecular formula is C22H18O7. The summed E-state index contributed by atoms with van der Waals surface area (Å²) in [5, 5.41) is 0. The zero-order chi connectivity index (χ0) is 20.7. The fourth-order valence-electron chi connectivity index (χ4n) is 3.80. The maximum atomic E-state index is 13.3. The molecule has 0 radical (unpaired) electrons. The maximum absolute atomic E-state index is 13.3. The van der Waals surface area contributed by atoms with E-state index < -0.39 is 17.7 Å². The second-order valence-electron chi connectivity index (χ2n) is 6.63. The molecule has 0 unspecified atom stereocenters. The number of fused-ring (bicyclic) bond motifs is 1. The Hall–Kier alpha value is -3.61. The standard InChI is InChI=1S/C22H18O7/c1-26-15-10-17(28-3)16(27-2)8-13(15)14-9-18(23)29-22-19(14)20(24)11-6-4-5-7-12(11)21(22)25/h4-8,10,14H,9H2,1-3H3/t14-/m1/s1. The summed E-state index contributed by atoms with van der Waals surface area (Å²) in [6, 6.07) is 9.78. The second-order valence-corrected chi connectivity index (χ2v) is 6.63. The van der Waals surface area contributed by atoms with Crippen LogP contribution in [0.1, 0.15) is 38.6 Å². The molecule has 7 nitrogen and oxygen atoms in total. The van der Waals surface area contributed by atoms with E-state index in [1.165, 1.54) is 21.3 Å². The molecule has 1 aliphatic carbocycles. The highest BCUT2D eigenvalue weighted by atomic mass is 16.5. The van der Waals surface area contributed by atoms with E-state index in [0.29, 0.717) is 28.4 Å². The van der Waals surface area contributed by atoms with E-state index in [2.05, 4.69) is 0 Å². The van der Waals surface area contributed by atoms with Gasteiger partial charge in [0.1, 0.15) is 5.75 Å². The van der Waals surface area contributed by atoms with Crippen molar-refractivity contribution >= 4 is 17.5 Å². The number of rotatable bonds is 4. The molecule has 0 aromatic heterocycles. The smallest absolute Gasteiger partial charge is 0.312 e. The third-order valence-electron chi connectivity index (χ3n) is 5.16. The van der Waals surface area contributed by atoms with Crippen LogP contribution in [0.25, 0.3) is 0 Å². The van der Waals surface area contributed by atoms with Gasteiger partial charge < -0.3 is 18.9 Å². The van der Waals surface area contributed by atoms with Crippen LogP contribution >= 0.6 is 0 Å². The first-order chi connectivity index (χ1) is 14.0. The van der Waals surface area contributed by atoms with Crippen LogP contribution in [-0.4, -0.2) is 38.9 Å². The monoisotopic (exact) mass is 394 g/mol. The van der Waals surface area contributed by atoms with Gasteiger partial charge in [0.25, 0.3) is 0 Å². The quantitative estimate of drug-likeness (QED) is 0.737. The van der Waals surface area contributed by atoms with Crippen LogP contribution in [0, 0.1) is 0 Å². The summed E-state index contributed by atoms with van der Waals surface area (Å²) in [7, 11) is 4.46. The van der Waals surface area contributed by atoms with E-state index in [-0.39, 0.29) is 29.1 Å². The summed E-state index contributed by atoms with van der Waals surface area (Å²) in [4.78, 5) is 38.5. The normalized spacial score (nSPS) is 18.0. The van der Waals surface area contributed by atoms with E-state index in [9.17, 15) is 14.4 Å². The van der Waals surface area contributed by atoms with Crippen LogP contribution in [-0.2, 0) is 9.53 Å². The summed E-state index contributed by atoms with van der Waals surface area (Å²) in [5.74, 6) is -1.08. The third kappa shape index (κ3) is 2.86. The SMILES string of the molecule is COc1cc(OC)c([C@H]2CC(=O)OC3=C2C(=O)c2ccccc2C3=O)cc1OC. The molecule has 29 heavy (non-hydrogen) atoms. The molecule has 0 amide bonds. The molecule has 0 bridgehead atoms. The molecule has 4 rings (SSSR count). The lowest BCUT2D eigenvalue weighted by Crippen LogP contribution is -2.33. The van der Waals surface area contributed by atoms with Crippen molar-refractivity contribution in [1.29, 1.82) is 0 Å². The number of carbonyl (C=O) groups excluding carboxylic acids is 3. The summed E-state index contributed by atoms with van der Waals surface area (Å²) < 4.78 is 21.4. The first-order valence-electron chi connectivity index (χ1n) is 8.93. The van der Waals surface area contributed by atoms with Crippen LogP contribution < -0.4 is 14.2 Å². The lowest BCUT2D eigenvalue weighted by atomic mass is 9.76. The van der Waals surface area contributed by atoms with Crippen molar-refractivity contribution in [3.63, 3.8) is 0 Å². The highest BCUT2D eigenvalue weighted by molar-refractivity contribution is 6.27. The molecule has 0 N–H and O–H groups in total. The Bertz CT molecular complexity index is 1080. The van der Waals surface area contributed by atoms with Crippen LogP contribution in [0.5, 0.6) is 17.2 Å². The van der Waals surface area contributed by atoms with Gasteiger partial charge in [-0.1, -0.05) is 24.3 Å². The zero-order valence-corrected chi connectivity index (χ0v) is 16.1. The molecular weight excluding hydrogens is 376 g/mol. The Kier molecular flexibility index (Phi) is 4.58. The van der Waals surface area contributed by atoms with Crippen molar-refractivity contribution < 1.29 is 33.3 Å². The lowest BCUT2D eigenvalue weighted by molar-refractivity contribution is -0.140. The van der Waals surface area contributed by atoms with Crippen LogP contribution in [0.4, 0.5) is 0 Å². The molecule has 0 fully saturated rings. The summed E-state index contributed by atoms with van der Waals surface area (Å²) in [5.41, 5.74) is 1.20. The number of methoxy groups -OCH3 is 3. The van der Waals surface area contributed by atoms with Crippen molar-refractivity contribution in [2.45, 2.75) is 12.3 Å². The lowest BCUT2D eigenvalue weighted by Gasteiger charge is -2.30. The summed E-state index contributed by atoms with van der Waals surface area (Å²) >= 11 is 0. The molecule has 1 heterocycles. The molecule has 1 atom stereocenters. The molecule has 7 heteroatoms. The van der Waals surface area contributed by atoms with Crippen molar-refractivity contribution in [1.82, 2.24) is 0 Å². The highest BCUT2D eigenvalue weighted by Gasteiger charge is 2.43. The van der Waals surface area contributed by atoms with Crippen molar-refractivity contribution in [2.75, 3.05) is 21.3 Å². The van der Waals surface area contributed by atoms with Crippen molar-refractivity contribution in [3.8, 4) is 17.2 Å². The van der Waals surface area contributed by atoms with Gasteiger partial charge in [0.05, 0.1) is 33.3 Å².